The summed E-state index contributed by atoms with van der Waals surface area (Å²) < 4.78 is 0. The fourth-order valence-electron chi connectivity index (χ4n) is 1.54. The summed E-state index contributed by atoms with van der Waals surface area (Å²) >= 11 is 1.63. The maximum absolute atomic E-state index is 5.80. The van der Waals surface area contributed by atoms with Crippen LogP contribution in [0.2, 0.25) is 0 Å². The lowest BCUT2D eigenvalue weighted by Gasteiger charge is -2.00. The second-order valence-electron chi connectivity index (χ2n) is 3.91. The third kappa shape index (κ3) is 3.28. The molecule has 92 valence electrons. The fourth-order valence-corrected chi connectivity index (χ4v) is 2.33. The van der Waals surface area contributed by atoms with Crippen molar-refractivity contribution in [1.82, 2.24) is 4.98 Å². The molecule has 1 aromatic heterocycles. The first-order chi connectivity index (χ1) is 7.70. The summed E-state index contributed by atoms with van der Waals surface area (Å²) in [6.45, 7) is 4.12. The van der Waals surface area contributed by atoms with Crippen molar-refractivity contribution in [3.63, 3.8) is 0 Å². The molecule has 1 heterocycles. The van der Waals surface area contributed by atoms with Crippen molar-refractivity contribution < 1.29 is 0 Å². The Labute approximate surface area is 112 Å². The second kappa shape index (κ2) is 6.15. The van der Waals surface area contributed by atoms with Gasteiger partial charge in [-0.2, -0.15) is 0 Å². The van der Waals surface area contributed by atoms with Crippen LogP contribution in [-0.2, 0) is 6.42 Å². The van der Waals surface area contributed by atoms with Crippen LogP contribution in [0.3, 0.4) is 0 Å². The summed E-state index contributed by atoms with van der Waals surface area (Å²) in [6, 6.07) is 8.58. The first-order valence-electron chi connectivity index (χ1n) is 5.51. The normalized spacial score (nSPS) is 11.9. The third-order valence-corrected chi connectivity index (χ3v) is 3.62. The van der Waals surface area contributed by atoms with Crippen molar-refractivity contribution in [3.8, 4) is 11.3 Å². The molecule has 0 spiro atoms. The van der Waals surface area contributed by atoms with Gasteiger partial charge in [0.15, 0.2) is 0 Å². The summed E-state index contributed by atoms with van der Waals surface area (Å²) in [4.78, 5) is 4.53. The highest BCUT2D eigenvalue weighted by molar-refractivity contribution is 7.10. The minimum absolute atomic E-state index is 0. The molecule has 0 saturated heterocycles. The number of hydrogen-bond acceptors (Lipinski definition) is 3. The summed E-state index contributed by atoms with van der Waals surface area (Å²) in [7, 11) is 0. The molecule has 0 saturated carbocycles. The van der Waals surface area contributed by atoms with E-state index < -0.39 is 0 Å². The van der Waals surface area contributed by atoms with Crippen LogP contribution in [-0.4, -0.2) is 4.98 Å². The molecule has 2 nitrogen and oxygen atoms in total. The molecule has 0 aliphatic rings. The Balaban J connectivity index is 0.00000144. The fraction of sp³-hybridized carbons (Fsp3) is 0.308. The molecular formula is C13H17ClN2S. The van der Waals surface area contributed by atoms with Crippen molar-refractivity contribution in [2.45, 2.75) is 26.3 Å². The zero-order valence-corrected chi connectivity index (χ0v) is 11.6. The highest BCUT2D eigenvalue weighted by Gasteiger charge is 2.07. The molecule has 0 aliphatic heterocycles. The first kappa shape index (κ1) is 14.2. The van der Waals surface area contributed by atoms with Gasteiger partial charge in [-0.1, -0.05) is 31.2 Å². The Morgan fingerprint density at radius 2 is 1.94 bits per heavy atom. The standard InChI is InChI=1S/C13H16N2S.ClH/c1-3-10-4-6-11(7-5-10)12-8-16-13(15-12)9(2)14;/h4-9H,3,14H2,1-2H3;1H. The molecule has 2 rings (SSSR count). The largest absolute Gasteiger partial charge is 0.322 e. The van der Waals surface area contributed by atoms with E-state index in [0.717, 1.165) is 17.1 Å². The van der Waals surface area contributed by atoms with E-state index in [9.17, 15) is 0 Å². The average Bonchev–Trinajstić information content (AvgIpc) is 2.78. The van der Waals surface area contributed by atoms with Crippen LogP contribution < -0.4 is 5.73 Å². The van der Waals surface area contributed by atoms with Crippen LogP contribution in [0.4, 0.5) is 0 Å². The quantitative estimate of drug-likeness (QED) is 0.919. The lowest BCUT2D eigenvalue weighted by Crippen LogP contribution is -2.03. The number of aromatic nitrogens is 1. The Hall–Kier alpha value is -0.900. The number of nitrogens with two attached hydrogens (primary N) is 1. The van der Waals surface area contributed by atoms with Crippen molar-refractivity contribution in [2.75, 3.05) is 0 Å². The maximum atomic E-state index is 5.80. The van der Waals surface area contributed by atoms with Crippen LogP contribution in [0.5, 0.6) is 0 Å². The molecule has 0 aliphatic carbocycles. The Morgan fingerprint density at radius 1 is 1.29 bits per heavy atom. The summed E-state index contributed by atoms with van der Waals surface area (Å²) in [5.74, 6) is 0. The lowest BCUT2D eigenvalue weighted by molar-refractivity contribution is 0.808. The molecular weight excluding hydrogens is 252 g/mol. The van der Waals surface area contributed by atoms with E-state index in [1.807, 2.05) is 6.92 Å². The Morgan fingerprint density at radius 3 is 2.41 bits per heavy atom. The van der Waals surface area contributed by atoms with Gasteiger partial charge in [0.25, 0.3) is 0 Å². The number of aryl methyl sites for hydroxylation is 1. The van der Waals surface area contributed by atoms with Crippen LogP contribution in [0, 0.1) is 0 Å². The van der Waals surface area contributed by atoms with Crippen molar-refractivity contribution in [1.29, 1.82) is 0 Å². The van der Waals surface area contributed by atoms with Crippen molar-refractivity contribution in [3.05, 3.63) is 40.2 Å². The molecule has 0 fully saturated rings. The molecule has 0 amide bonds. The molecule has 1 aromatic carbocycles. The van der Waals surface area contributed by atoms with E-state index >= 15 is 0 Å². The van der Waals surface area contributed by atoms with Gasteiger partial charge in [-0.15, -0.1) is 23.7 Å². The lowest BCUT2D eigenvalue weighted by atomic mass is 10.1. The van der Waals surface area contributed by atoms with Gasteiger partial charge < -0.3 is 5.73 Å². The number of halogens is 1. The van der Waals surface area contributed by atoms with Gasteiger partial charge >= 0.3 is 0 Å². The van der Waals surface area contributed by atoms with Crippen molar-refractivity contribution >= 4 is 23.7 Å². The molecule has 17 heavy (non-hydrogen) atoms. The molecule has 2 N–H and O–H groups in total. The zero-order valence-electron chi connectivity index (χ0n) is 10.0. The van der Waals surface area contributed by atoms with Crippen LogP contribution >= 0.6 is 23.7 Å². The van der Waals surface area contributed by atoms with Gasteiger partial charge in [0, 0.05) is 10.9 Å². The number of rotatable bonds is 3. The monoisotopic (exact) mass is 268 g/mol. The molecule has 1 atom stereocenters. The SMILES string of the molecule is CCc1ccc(-c2csc(C(C)N)n2)cc1.Cl. The minimum Gasteiger partial charge on any atom is -0.322 e. The van der Waals surface area contributed by atoms with Crippen molar-refractivity contribution in [2.24, 2.45) is 5.73 Å². The van der Waals surface area contributed by atoms with E-state index in [1.165, 1.54) is 11.1 Å². The van der Waals surface area contributed by atoms with Gasteiger partial charge in [0.05, 0.1) is 11.7 Å². The highest BCUT2D eigenvalue weighted by Crippen LogP contribution is 2.24. The predicted molar refractivity (Wildman–Crippen MR) is 76.8 cm³/mol. The smallest absolute Gasteiger partial charge is 0.110 e. The van der Waals surface area contributed by atoms with E-state index in [1.54, 1.807) is 11.3 Å². The van der Waals surface area contributed by atoms with Gasteiger partial charge in [-0.3, -0.25) is 0 Å². The highest BCUT2D eigenvalue weighted by atomic mass is 35.5. The number of hydrogen-bond donors (Lipinski definition) is 1. The van der Waals surface area contributed by atoms with E-state index in [0.29, 0.717) is 0 Å². The van der Waals surface area contributed by atoms with E-state index in [2.05, 4.69) is 41.6 Å². The predicted octanol–water partition coefficient (Wildman–Crippen LogP) is 3.81. The number of benzene rings is 1. The third-order valence-electron chi connectivity index (χ3n) is 2.57. The summed E-state index contributed by atoms with van der Waals surface area (Å²) in [5, 5.41) is 3.06. The average molecular weight is 269 g/mol. The molecule has 4 heteroatoms. The van der Waals surface area contributed by atoms with Crippen LogP contribution in [0.15, 0.2) is 29.6 Å². The van der Waals surface area contributed by atoms with Crippen LogP contribution in [0.1, 0.15) is 30.5 Å². The van der Waals surface area contributed by atoms with Gasteiger partial charge in [-0.25, -0.2) is 4.98 Å². The van der Waals surface area contributed by atoms with Gasteiger partial charge in [0.1, 0.15) is 5.01 Å². The zero-order chi connectivity index (χ0) is 11.5. The Kier molecular flexibility index (Phi) is 5.12. The first-order valence-corrected chi connectivity index (χ1v) is 6.39. The second-order valence-corrected chi connectivity index (χ2v) is 4.80. The number of nitrogens with zero attached hydrogens (tertiary/aromatic N) is 1. The van der Waals surface area contributed by atoms with Crippen LogP contribution in [0.25, 0.3) is 11.3 Å². The molecule has 2 aromatic rings. The van der Waals surface area contributed by atoms with Gasteiger partial charge in [-0.05, 0) is 18.9 Å². The van der Waals surface area contributed by atoms with E-state index in [4.69, 9.17) is 5.73 Å². The topological polar surface area (TPSA) is 38.9 Å². The van der Waals surface area contributed by atoms with E-state index in [-0.39, 0.29) is 18.4 Å². The minimum atomic E-state index is 0. The summed E-state index contributed by atoms with van der Waals surface area (Å²) in [5.41, 5.74) is 9.35. The number of thiazole rings is 1. The molecule has 0 radical (unpaired) electrons. The van der Waals surface area contributed by atoms with Gasteiger partial charge in [0.2, 0.25) is 0 Å². The maximum Gasteiger partial charge on any atom is 0.110 e. The molecule has 0 bridgehead atoms. The summed E-state index contributed by atoms with van der Waals surface area (Å²) in [6.07, 6.45) is 1.07. The Bertz CT molecular complexity index is 463. The molecule has 1 unspecified atom stereocenters.